The number of rotatable bonds is 5. The molecular formula is C22H24N4O3S2. The van der Waals surface area contributed by atoms with E-state index in [0.29, 0.717) is 24.3 Å². The number of carbonyl (C=O) groups is 1. The minimum atomic E-state index is -3.74. The number of amides is 1. The van der Waals surface area contributed by atoms with Crippen LogP contribution in [-0.4, -0.2) is 50.4 Å². The molecule has 1 N–H and O–H groups in total. The van der Waals surface area contributed by atoms with Crippen molar-refractivity contribution in [3.05, 3.63) is 70.7 Å². The van der Waals surface area contributed by atoms with Gasteiger partial charge in [0.25, 0.3) is 15.9 Å². The van der Waals surface area contributed by atoms with Gasteiger partial charge in [0.15, 0.2) is 5.13 Å². The first kappa shape index (κ1) is 21.3. The summed E-state index contributed by atoms with van der Waals surface area (Å²) >= 11 is 1.59. The SMILES string of the molecule is Cc1cccc(NS(=O)(=O)c2ccc(C(=O)N3CCN(c4nccs4)CC3)cc2)c1C. The molecule has 0 spiro atoms. The van der Waals surface area contributed by atoms with Crippen LogP contribution in [0.4, 0.5) is 10.8 Å². The van der Waals surface area contributed by atoms with E-state index in [0.717, 1.165) is 29.3 Å². The first-order chi connectivity index (χ1) is 14.8. The number of piperazine rings is 1. The van der Waals surface area contributed by atoms with Crippen LogP contribution >= 0.6 is 11.3 Å². The summed E-state index contributed by atoms with van der Waals surface area (Å²) in [7, 11) is -3.74. The van der Waals surface area contributed by atoms with Crippen LogP contribution in [0.15, 0.2) is 58.9 Å². The number of hydrogen-bond acceptors (Lipinski definition) is 6. The summed E-state index contributed by atoms with van der Waals surface area (Å²) in [4.78, 5) is 21.3. The van der Waals surface area contributed by atoms with Gasteiger partial charge in [0, 0.05) is 43.3 Å². The van der Waals surface area contributed by atoms with E-state index in [-0.39, 0.29) is 10.8 Å². The van der Waals surface area contributed by atoms with Crippen molar-refractivity contribution in [1.82, 2.24) is 9.88 Å². The summed E-state index contributed by atoms with van der Waals surface area (Å²) in [5, 5.41) is 2.91. The third kappa shape index (κ3) is 4.57. The van der Waals surface area contributed by atoms with Crippen molar-refractivity contribution in [1.29, 1.82) is 0 Å². The molecule has 31 heavy (non-hydrogen) atoms. The Balaban J connectivity index is 1.43. The highest BCUT2D eigenvalue weighted by atomic mass is 32.2. The average molecular weight is 457 g/mol. The third-order valence-electron chi connectivity index (χ3n) is 5.52. The summed E-state index contributed by atoms with van der Waals surface area (Å²) in [5.41, 5.74) is 2.93. The Morgan fingerprint density at radius 3 is 2.39 bits per heavy atom. The van der Waals surface area contributed by atoms with Crippen molar-refractivity contribution in [3.8, 4) is 0 Å². The molecule has 1 amide bonds. The Morgan fingerprint density at radius 2 is 1.74 bits per heavy atom. The smallest absolute Gasteiger partial charge is 0.261 e. The Morgan fingerprint density at radius 1 is 1.03 bits per heavy atom. The second kappa shape index (κ2) is 8.68. The van der Waals surface area contributed by atoms with E-state index < -0.39 is 10.0 Å². The third-order valence-corrected chi connectivity index (χ3v) is 7.73. The fourth-order valence-corrected chi connectivity index (χ4v) is 5.32. The monoisotopic (exact) mass is 456 g/mol. The molecule has 2 heterocycles. The van der Waals surface area contributed by atoms with E-state index in [2.05, 4.69) is 14.6 Å². The fourth-order valence-electron chi connectivity index (χ4n) is 3.50. The maximum atomic E-state index is 12.9. The number of thiazole rings is 1. The molecule has 7 nitrogen and oxygen atoms in total. The van der Waals surface area contributed by atoms with Crippen LogP contribution < -0.4 is 9.62 Å². The number of benzene rings is 2. The zero-order valence-electron chi connectivity index (χ0n) is 17.4. The van der Waals surface area contributed by atoms with Crippen molar-refractivity contribution < 1.29 is 13.2 Å². The number of nitrogens with zero attached hydrogens (tertiary/aromatic N) is 3. The van der Waals surface area contributed by atoms with Gasteiger partial charge < -0.3 is 9.80 Å². The molecule has 0 bridgehead atoms. The molecule has 0 aliphatic carbocycles. The summed E-state index contributed by atoms with van der Waals surface area (Å²) in [5.74, 6) is -0.0924. The maximum absolute atomic E-state index is 12.9. The zero-order chi connectivity index (χ0) is 22.0. The van der Waals surface area contributed by atoms with Crippen LogP contribution in [0.1, 0.15) is 21.5 Å². The van der Waals surface area contributed by atoms with Gasteiger partial charge in [0.2, 0.25) is 0 Å². The van der Waals surface area contributed by atoms with Crippen molar-refractivity contribution in [2.45, 2.75) is 18.7 Å². The molecule has 1 aliphatic heterocycles. The normalized spacial score (nSPS) is 14.5. The number of aromatic nitrogens is 1. The first-order valence-corrected chi connectivity index (χ1v) is 12.3. The minimum absolute atomic E-state index is 0.0924. The fraction of sp³-hybridized carbons (Fsp3) is 0.273. The van der Waals surface area contributed by atoms with Gasteiger partial charge in [-0.25, -0.2) is 13.4 Å². The van der Waals surface area contributed by atoms with Gasteiger partial charge in [-0.05, 0) is 55.3 Å². The Hall–Kier alpha value is -2.91. The predicted octanol–water partition coefficient (Wildman–Crippen LogP) is 3.52. The zero-order valence-corrected chi connectivity index (χ0v) is 19.0. The lowest BCUT2D eigenvalue weighted by atomic mass is 10.1. The molecule has 1 aromatic heterocycles. The van der Waals surface area contributed by atoms with Crippen LogP contribution in [-0.2, 0) is 10.0 Å². The quantitative estimate of drug-likeness (QED) is 0.635. The van der Waals surface area contributed by atoms with Crippen molar-refractivity contribution in [3.63, 3.8) is 0 Å². The molecule has 1 saturated heterocycles. The van der Waals surface area contributed by atoms with Gasteiger partial charge in [0.1, 0.15) is 0 Å². The molecule has 0 saturated carbocycles. The largest absolute Gasteiger partial charge is 0.345 e. The highest BCUT2D eigenvalue weighted by molar-refractivity contribution is 7.92. The summed E-state index contributed by atoms with van der Waals surface area (Å²) in [6, 6.07) is 11.6. The van der Waals surface area contributed by atoms with Crippen molar-refractivity contribution in [2.24, 2.45) is 0 Å². The van der Waals surface area contributed by atoms with Crippen LogP contribution in [0.25, 0.3) is 0 Å². The van der Waals surface area contributed by atoms with Gasteiger partial charge in [-0.15, -0.1) is 11.3 Å². The van der Waals surface area contributed by atoms with Crippen LogP contribution in [0.2, 0.25) is 0 Å². The molecule has 9 heteroatoms. The Kier molecular flexibility index (Phi) is 5.97. The topological polar surface area (TPSA) is 82.6 Å². The average Bonchev–Trinajstić information content (AvgIpc) is 3.32. The second-order valence-corrected chi connectivity index (χ2v) is 10.0. The standard InChI is InChI=1S/C22H24N4O3S2/c1-16-4-3-5-20(17(16)2)24-31(28,29)19-8-6-18(7-9-19)21(27)25-11-13-26(14-12-25)22-23-10-15-30-22/h3-10,15,24H,11-14H2,1-2H3. The molecule has 3 aromatic rings. The molecule has 0 radical (unpaired) electrons. The molecule has 2 aromatic carbocycles. The summed E-state index contributed by atoms with van der Waals surface area (Å²) in [6.07, 6.45) is 1.78. The molecular weight excluding hydrogens is 432 g/mol. The molecule has 1 aliphatic rings. The molecule has 1 fully saturated rings. The highest BCUT2D eigenvalue weighted by Crippen LogP contribution is 2.23. The van der Waals surface area contributed by atoms with Crippen LogP contribution in [0, 0.1) is 13.8 Å². The molecule has 0 unspecified atom stereocenters. The number of hydrogen-bond donors (Lipinski definition) is 1. The number of aryl methyl sites for hydroxylation is 1. The Labute approximate surface area is 186 Å². The lowest BCUT2D eigenvalue weighted by molar-refractivity contribution is 0.0746. The molecule has 0 atom stereocenters. The van der Waals surface area contributed by atoms with Gasteiger partial charge in [-0.1, -0.05) is 12.1 Å². The summed E-state index contributed by atoms with van der Waals surface area (Å²) in [6.45, 7) is 6.48. The predicted molar refractivity (Wildman–Crippen MR) is 123 cm³/mol. The van der Waals surface area contributed by atoms with E-state index in [1.54, 1.807) is 40.6 Å². The second-order valence-electron chi connectivity index (χ2n) is 7.47. The van der Waals surface area contributed by atoms with E-state index in [9.17, 15) is 13.2 Å². The number of sulfonamides is 1. The lowest BCUT2D eigenvalue weighted by Gasteiger charge is -2.34. The van der Waals surface area contributed by atoms with E-state index in [1.807, 2.05) is 31.4 Å². The van der Waals surface area contributed by atoms with E-state index in [1.165, 1.54) is 12.1 Å². The number of anilines is 2. The van der Waals surface area contributed by atoms with Gasteiger partial charge in [-0.3, -0.25) is 9.52 Å². The Bertz CT molecular complexity index is 1170. The van der Waals surface area contributed by atoms with Gasteiger partial charge >= 0.3 is 0 Å². The first-order valence-electron chi connectivity index (χ1n) is 9.98. The van der Waals surface area contributed by atoms with E-state index in [4.69, 9.17) is 0 Å². The van der Waals surface area contributed by atoms with Crippen LogP contribution in [0.5, 0.6) is 0 Å². The minimum Gasteiger partial charge on any atom is -0.345 e. The maximum Gasteiger partial charge on any atom is 0.261 e. The van der Waals surface area contributed by atoms with Crippen molar-refractivity contribution in [2.75, 3.05) is 35.8 Å². The van der Waals surface area contributed by atoms with E-state index >= 15 is 0 Å². The highest BCUT2D eigenvalue weighted by Gasteiger charge is 2.24. The molecule has 4 rings (SSSR count). The number of carbonyl (C=O) groups excluding carboxylic acids is 1. The van der Waals surface area contributed by atoms with Gasteiger partial charge in [0.05, 0.1) is 10.6 Å². The summed E-state index contributed by atoms with van der Waals surface area (Å²) < 4.78 is 28.2. The van der Waals surface area contributed by atoms with Gasteiger partial charge in [-0.2, -0.15) is 0 Å². The lowest BCUT2D eigenvalue weighted by Crippen LogP contribution is -2.48. The molecule has 162 valence electrons. The van der Waals surface area contributed by atoms with Crippen LogP contribution in [0.3, 0.4) is 0 Å². The van der Waals surface area contributed by atoms with Crippen molar-refractivity contribution >= 4 is 38.1 Å². The number of nitrogens with one attached hydrogen (secondary N) is 1.